The topological polar surface area (TPSA) is 44.2 Å². The summed E-state index contributed by atoms with van der Waals surface area (Å²) in [5, 5.41) is 0. The van der Waals surface area contributed by atoms with E-state index in [2.05, 4.69) is 18.8 Å². The Balaban J connectivity index is 1.64. The van der Waals surface area contributed by atoms with Crippen LogP contribution in [0.15, 0.2) is 18.3 Å². The van der Waals surface area contributed by atoms with E-state index in [9.17, 15) is 4.39 Å². The number of pyridine rings is 2. The first-order chi connectivity index (χ1) is 17.2. The molecule has 2 aromatic rings. The molecule has 0 N–H and O–H groups in total. The minimum Gasteiger partial charge on any atom is -0.492 e. The molecule has 0 aliphatic heterocycles. The summed E-state index contributed by atoms with van der Waals surface area (Å²) in [4.78, 5) is 8.96. The van der Waals surface area contributed by atoms with Gasteiger partial charge in [0.15, 0.2) is 0 Å². The molecule has 194 valence electrons. The molecule has 1 aliphatic rings. The van der Waals surface area contributed by atoms with Crippen molar-refractivity contribution in [3.63, 3.8) is 0 Å². The van der Waals surface area contributed by atoms with E-state index >= 15 is 0 Å². The predicted molar refractivity (Wildman–Crippen MR) is 142 cm³/mol. The molecule has 0 fully saturated rings. The molecule has 0 saturated heterocycles. The second kappa shape index (κ2) is 15.7. The average Bonchev–Trinajstić information content (AvgIpc) is 2.88. The molecule has 0 saturated carbocycles. The average molecular weight is 485 g/mol. The monoisotopic (exact) mass is 484 g/mol. The second-order valence-electron chi connectivity index (χ2n) is 9.86. The Morgan fingerprint density at radius 1 is 0.743 bits per heavy atom. The van der Waals surface area contributed by atoms with Crippen LogP contribution in [-0.4, -0.2) is 23.2 Å². The highest BCUT2D eigenvalue weighted by atomic mass is 19.1. The molecule has 0 aromatic carbocycles. The van der Waals surface area contributed by atoms with Crippen LogP contribution in [-0.2, 0) is 12.8 Å². The third-order valence-corrected chi connectivity index (χ3v) is 6.93. The standard InChI is InChI=1S/C30H45FN2O2/c1-3-5-7-9-11-15-21-34-24-19-20-27(32-23-24)28-25-17-13-14-18-26(25)29(31)33-30(28)35-22-16-12-10-8-6-4-2/h19-20,23H,3-18,21-22H2,1-2H3. The first kappa shape index (κ1) is 27.4. The molecule has 3 rings (SSSR count). The van der Waals surface area contributed by atoms with Crippen LogP contribution < -0.4 is 9.47 Å². The largest absolute Gasteiger partial charge is 0.492 e. The summed E-state index contributed by atoms with van der Waals surface area (Å²) in [6, 6.07) is 3.94. The first-order valence-corrected chi connectivity index (χ1v) is 14.2. The van der Waals surface area contributed by atoms with Gasteiger partial charge in [0.25, 0.3) is 0 Å². The van der Waals surface area contributed by atoms with E-state index in [1.807, 2.05) is 12.1 Å². The second-order valence-corrected chi connectivity index (χ2v) is 9.86. The Morgan fingerprint density at radius 2 is 1.34 bits per heavy atom. The number of hydrogen-bond acceptors (Lipinski definition) is 4. The lowest BCUT2D eigenvalue weighted by atomic mass is 9.88. The van der Waals surface area contributed by atoms with Crippen molar-refractivity contribution in [2.45, 2.75) is 117 Å². The van der Waals surface area contributed by atoms with Crippen molar-refractivity contribution in [1.29, 1.82) is 0 Å². The number of hydrogen-bond donors (Lipinski definition) is 0. The molecule has 0 spiro atoms. The van der Waals surface area contributed by atoms with Crippen LogP contribution in [0, 0.1) is 5.95 Å². The van der Waals surface area contributed by atoms with E-state index in [0.29, 0.717) is 19.1 Å². The molecular formula is C30H45FN2O2. The number of fused-ring (bicyclic) bond motifs is 1. The molecular weight excluding hydrogens is 439 g/mol. The Morgan fingerprint density at radius 3 is 1.97 bits per heavy atom. The fraction of sp³-hybridized carbons (Fsp3) is 0.667. The summed E-state index contributed by atoms with van der Waals surface area (Å²) in [5.74, 6) is 0.797. The van der Waals surface area contributed by atoms with E-state index in [-0.39, 0.29) is 5.95 Å². The van der Waals surface area contributed by atoms with Gasteiger partial charge in [-0.25, -0.2) is 0 Å². The van der Waals surface area contributed by atoms with Crippen molar-refractivity contribution < 1.29 is 13.9 Å². The lowest BCUT2D eigenvalue weighted by molar-refractivity contribution is 0.289. The lowest BCUT2D eigenvalue weighted by Gasteiger charge is -2.22. The molecule has 35 heavy (non-hydrogen) atoms. The van der Waals surface area contributed by atoms with Crippen molar-refractivity contribution >= 4 is 0 Å². The quantitative estimate of drug-likeness (QED) is 0.166. The number of nitrogens with zero attached hydrogens (tertiary/aromatic N) is 2. The smallest absolute Gasteiger partial charge is 0.225 e. The molecule has 5 heteroatoms. The minimum absolute atomic E-state index is 0.375. The van der Waals surface area contributed by atoms with Crippen molar-refractivity contribution in [2.24, 2.45) is 0 Å². The summed E-state index contributed by atoms with van der Waals surface area (Å²) in [6.07, 6.45) is 20.0. The van der Waals surface area contributed by atoms with Gasteiger partial charge in [-0.2, -0.15) is 9.37 Å². The third kappa shape index (κ3) is 8.77. The van der Waals surface area contributed by atoms with Gasteiger partial charge in [-0.15, -0.1) is 0 Å². The molecule has 0 unspecified atom stereocenters. The fourth-order valence-electron chi connectivity index (χ4n) is 4.86. The zero-order valence-corrected chi connectivity index (χ0v) is 22.0. The van der Waals surface area contributed by atoms with Gasteiger partial charge < -0.3 is 9.47 Å². The van der Waals surface area contributed by atoms with Crippen molar-refractivity contribution in [2.75, 3.05) is 13.2 Å². The summed E-state index contributed by atoms with van der Waals surface area (Å²) >= 11 is 0. The number of unbranched alkanes of at least 4 members (excludes halogenated alkanes) is 10. The van der Waals surface area contributed by atoms with Gasteiger partial charge in [0.2, 0.25) is 11.8 Å². The Kier molecular flexibility index (Phi) is 12.3. The van der Waals surface area contributed by atoms with Crippen molar-refractivity contribution in [3.05, 3.63) is 35.4 Å². The van der Waals surface area contributed by atoms with Crippen LogP contribution >= 0.6 is 0 Å². The Hall–Kier alpha value is -2.17. The van der Waals surface area contributed by atoms with E-state index in [1.54, 1.807) is 6.20 Å². The zero-order chi connectivity index (χ0) is 24.7. The molecule has 2 aromatic heterocycles. The normalized spacial score (nSPS) is 13.0. The summed E-state index contributed by atoms with van der Waals surface area (Å²) in [6.45, 7) is 5.74. The zero-order valence-electron chi connectivity index (χ0n) is 22.0. The van der Waals surface area contributed by atoms with Gasteiger partial charge >= 0.3 is 0 Å². The Labute approximate surface area is 212 Å². The molecule has 4 nitrogen and oxygen atoms in total. The van der Waals surface area contributed by atoms with E-state index < -0.39 is 0 Å². The van der Waals surface area contributed by atoms with Crippen LogP contribution in [0.5, 0.6) is 11.6 Å². The van der Waals surface area contributed by atoms with Crippen LogP contribution in [0.2, 0.25) is 0 Å². The van der Waals surface area contributed by atoms with Crippen LogP contribution in [0.1, 0.15) is 115 Å². The molecule has 2 heterocycles. The van der Waals surface area contributed by atoms with Crippen LogP contribution in [0.25, 0.3) is 11.3 Å². The maximum Gasteiger partial charge on any atom is 0.225 e. The van der Waals surface area contributed by atoms with E-state index in [4.69, 9.17) is 14.5 Å². The van der Waals surface area contributed by atoms with Crippen LogP contribution in [0.4, 0.5) is 4.39 Å². The molecule has 1 aliphatic carbocycles. The summed E-state index contributed by atoms with van der Waals surface area (Å²) in [5.41, 5.74) is 3.42. The number of halogens is 1. The summed E-state index contributed by atoms with van der Waals surface area (Å²) in [7, 11) is 0. The van der Waals surface area contributed by atoms with Crippen molar-refractivity contribution in [1.82, 2.24) is 9.97 Å². The number of ether oxygens (including phenoxy) is 2. The predicted octanol–water partition coefficient (Wildman–Crippen LogP) is 8.64. The maximum absolute atomic E-state index is 14.8. The molecule has 0 atom stereocenters. The Bertz CT molecular complexity index is 870. The van der Waals surface area contributed by atoms with Gasteiger partial charge in [-0.3, -0.25) is 4.98 Å². The highest BCUT2D eigenvalue weighted by Crippen LogP contribution is 2.38. The summed E-state index contributed by atoms with van der Waals surface area (Å²) < 4.78 is 26.8. The highest BCUT2D eigenvalue weighted by molar-refractivity contribution is 5.71. The highest BCUT2D eigenvalue weighted by Gasteiger charge is 2.25. The first-order valence-electron chi connectivity index (χ1n) is 14.2. The van der Waals surface area contributed by atoms with Gasteiger partial charge in [0.1, 0.15) is 5.75 Å². The van der Waals surface area contributed by atoms with Crippen LogP contribution in [0.3, 0.4) is 0 Å². The van der Waals surface area contributed by atoms with Crippen molar-refractivity contribution in [3.8, 4) is 22.9 Å². The lowest BCUT2D eigenvalue weighted by Crippen LogP contribution is -2.13. The van der Waals surface area contributed by atoms with Gasteiger partial charge in [0.05, 0.1) is 30.7 Å². The fourth-order valence-corrected chi connectivity index (χ4v) is 4.86. The van der Waals surface area contributed by atoms with Gasteiger partial charge in [-0.05, 0) is 56.2 Å². The third-order valence-electron chi connectivity index (χ3n) is 6.93. The molecule has 0 bridgehead atoms. The minimum atomic E-state index is -0.375. The molecule has 0 radical (unpaired) electrons. The SMILES string of the molecule is CCCCCCCCOc1ccc(-c2c(OCCCCCCCC)nc(F)c3c2CCCC3)nc1. The number of aromatic nitrogens is 2. The van der Waals surface area contributed by atoms with E-state index in [1.165, 1.54) is 57.8 Å². The number of rotatable bonds is 17. The van der Waals surface area contributed by atoms with Gasteiger partial charge in [0, 0.05) is 5.56 Å². The molecule has 0 amide bonds. The van der Waals surface area contributed by atoms with E-state index in [0.717, 1.165) is 73.1 Å². The maximum atomic E-state index is 14.8. The van der Waals surface area contributed by atoms with Gasteiger partial charge in [-0.1, -0.05) is 78.1 Å².